The van der Waals surface area contributed by atoms with Crippen molar-refractivity contribution in [1.29, 1.82) is 0 Å². The first-order valence-electron chi connectivity index (χ1n) is 12.6. The number of anilines is 1. The van der Waals surface area contributed by atoms with Crippen molar-refractivity contribution in [3.05, 3.63) is 57.3 Å². The van der Waals surface area contributed by atoms with Crippen LogP contribution in [-0.4, -0.2) is 58.7 Å². The fourth-order valence-corrected chi connectivity index (χ4v) is 3.86. The second-order valence-corrected chi connectivity index (χ2v) is 10.1. The molecule has 1 fully saturated rings. The predicted octanol–water partition coefficient (Wildman–Crippen LogP) is 4.98. The van der Waals surface area contributed by atoms with Crippen LogP contribution in [0, 0.1) is 6.85 Å². The molecule has 196 valence electrons. The van der Waals surface area contributed by atoms with E-state index < -0.39 is 36.2 Å². The van der Waals surface area contributed by atoms with Crippen molar-refractivity contribution < 1.29 is 31.6 Å². The first kappa shape index (κ1) is 23.7. The van der Waals surface area contributed by atoms with Crippen molar-refractivity contribution in [3.63, 3.8) is 0 Å². The summed E-state index contributed by atoms with van der Waals surface area (Å²) in [6, 6.07) is 4.81. The molecule has 0 atom stereocenters. The Morgan fingerprint density at radius 2 is 1.86 bits per heavy atom. The number of hydrogen-bond acceptors (Lipinski definition) is 6. The van der Waals surface area contributed by atoms with Gasteiger partial charge in [-0.2, -0.15) is 13.2 Å². The van der Waals surface area contributed by atoms with Gasteiger partial charge in [0.2, 0.25) is 0 Å². The summed E-state index contributed by atoms with van der Waals surface area (Å²) in [4.78, 5) is 30.2. The fourth-order valence-electron chi connectivity index (χ4n) is 3.51. The number of amides is 2. The molecule has 0 spiro atoms. The van der Waals surface area contributed by atoms with Gasteiger partial charge < -0.3 is 10.1 Å². The summed E-state index contributed by atoms with van der Waals surface area (Å²) >= 11 is 3.07. The molecule has 2 heterocycles. The Bertz CT molecular complexity index is 1210. The minimum atomic E-state index is -4.66. The number of pyridine rings is 1. The zero-order chi connectivity index (χ0) is 29.2. The maximum atomic E-state index is 13.9. The highest BCUT2D eigenvalue weighted by molar-refractivity contribution is 9.10. The number of carbonyl (C=O) groups is 2. The second-order valence-electron chi connectivity index (χ2n) is 9.26. The molecule has 0 aliphatic carbocycles. The quantitative estimate of drug-likeness (QED) is 0.523. The van der Waals surface area contributed by atoms with E-state index in [4.69, 9.17) is 8.85 Å². The molecule has 1 saturated heterocycles. The Kier molecular flexibility index (Phi) is 7.33. The van der Waals surface area contributed by atoms with Gasteiger partial charge in [0.25, 0.3) is 5.91 Å². The van der Waals surface area contributed by atoms with Crippen LogP contribution in [0.4, 0.5) is 23.7 Å². The lowest BCUT2D eigenvalue weighted by Gasteiger charge is -2.35. The number of halogens is 4. The Labute approximate surface area is 220 Å². The van der Waals surface area contributed by atoms with Crippen molar-refractivity contribution in [2.24, 2.45) is 0 Å². The van der Waals surface area contributed by atoms with Crippen LogP contribution < -0.4 is 10.7 Å². The molecule has 2 amide bonds. The molecule has 1 aliphatic rings. The molecule has 12 heteroatoms. The van der Waals surface area contributed by atoms with Gasteiger partial charge in [-0.3, -0.25) is 20.1 Å². The van der Waals surface area contributed by atoms with Crippen molar-refractivity contribution in [2.75, 3.05) is 31.5 Å². The lowest BCUT2D eigenvalue weighted by atomic mass is 10.0. The first-order chi connectivity index (χ1) is 17.9. The SMILES string of the molecule is [2H]C([2H])([2H])c1ncc(C(=O)Nc2ccc(CN3CCN(NC(=O)OC(C)(C)C)CC3)c(C(F)(F)F)c2)cc1Br. The van der Waals surface area contributed by atoms with Gasteiger partial charge in [0.1, 0.15) is 5.60 Å². The summed E-state index contributed by atoms with van der Waals surface area (Å²) in [7, 11) is 0. The van der Waals surface area contributed by atoms with Crippen molar-refractivity contribution >= 4 is 33.6 Å². The summed E-state index contributed by atoms with van der Waals surface area (Å²) in [5.74, 6) is -0.741. The zero-order valence-corrected chi connectivity index (χ0v) is 21.6. The standard InChI is InChI=1S/C24H29BrF3N5O3/c1-15-20(25)11-17(13-29-15)21(34)30-18-6-5-16(19(12-18)24(26,27)28)14-32-7-9-33(10-8-32)31-22(35)36-23(2,3)4/h5-6,11-13H,7-10,14H2,1-4H3,(H,30,34)(H,31,35)/i1D3. The molecule has 1 aromatic heterocycles. The molecule has 8 nitrogen and oxygen atoms in total. The van der Waals surface area contributed by atoms with Crippen LogP contribution in [-0.2, 0) is 17.5 Å². The number of rotatable bonds is 5. The molecule has 3 rings (SSSR count). The maximum absolute atomic E-state index is 13.9. The normalized spacial score (nSPS) is 17.0. The van der Waals surface area contributed by atoms with Gasteiger partial charge in [0.15, 0.2) is 0 Å². The van der Waals surface area contributed by atoms with Gasteiger partial charge in [-0.25, -0.2) is 9.80 Å². The average Bonchev–Trinajstić information content (AvgIpc) is 2.78. The van der Waals surface area contributed by atoms with Crippen LogP contribution in [0.5, 0.6) is 0 Å². The fraction of sp³-hybridized carbons (Fsp3) is 0.458. The first-order valence-corrected chi connectivity index (χ1v) is 11.9. The molecule has 2 aromatic rings. The van der Waals surface area contributed by atoms with Gasteiger partial charge in [-0.1, -0.05) is 6.07 Å². The largest absolute Gasteiger partial charge is 0.443 e. The summed E-state index contributed by atoms with van der Waals surface area (Å²) in [6.07, 6.45) is -4.20. The number of piperazine rings is 1. The number of hydrogen-bond donors (Lipinski definition) is 2. The molecule has 1 aromatic carbocycles. The topological polar surface area (TPSA) is 86.8 Å². The molecule has 2 N–H and O–H groups in total. The monoisotopic (exact) mass is 574 g/mol. The molecular formula is C24H29BrF3N5O3. The van der Waals surface area contributed by atoms with E-state index in [1.54, 1.807) is 25.8 Å². The highest BCUT2D eigenvalue weighted by Gasteiger charge is 2.34. The Morgan fingerprint density at radius 1 is 1.17 bits per heavy atom. The number of ether oxygens (including phenoxy) is 1. The molecular weight excluding hydrogens is 543 g/mol. The third-order valence-electron chi connectivity index (χ3n) is 5.19. The van der Waals surface area contributed by atoms with Gasteiger partial charge in [-0.15, -0.1) is 0 Å². The number of alkyl halides is 3. The number of hydrazine groups is 1. The number of nitrogens with one attached hydrogen (secondary N) is 2. The summed E-state index contributed by atoms with van der Waals surface area (Å²) < 4.78 is 69.4. The molecule has 0 bridgehead atoms. The molecule has 0 unspecified atom stereocenters. The molecule has 36 heavy (non-hydrogen) atoms. The van der Waals surface area contributed by atoms with E-state index in [1.165, 1.54) is 18.2 Å². The maximum Gasteiger partial charge on any atom is 0.422 e. The van der Waals surface area contributed by atoms with Crippen LogP contribution in [0.15, 0.2) is 34.9 Å². The van der Waals surface area contributed by atoms with Gasteiger partial charge in [-0.05, 0) is 67.3 Å². The second kappa shape index (κ2) is 11.1. The number of aryl methyl sites for hydroxylation is 1. The highest BCUT2D eigenvalue weighted by atomic mass is 79.9. The number of benzene rings is 1. The van der Waals surface area contributed by atoms with E-state index >= 15 is 0 Å². The van der Waals surface area contributed by atoms with E-state index in [9.17, 15) is 22.8 Å². The lowest BCUT2D eigenvalue weighted by molar-refractivity contribution is -0.138. The van der Waals surface area contributed by atoms with E-state index in [1.807, 2.05) is 4.90 Å². The highest BCUT2D eigenvalue weighted by Crippen LogP contribution is 2.34. The number of nitrogens with zero attached hydrogens (tertiary/aromatic N) is 3. The summed E-state index contributed by atoms with van der Waals surface area (Å²) in [5.41, 5.74) is 0.823. The summed E-state index contributed by atoms with van der Waals surface area (Å²) in [5, 5.41) is 4.07. The van der Waals surface area contributed by atoms with E-state index in [0.717, 1.165) is 12.3 Å². The van der Waals surface area contributed by atoms with Crippen LogP contribution in [0.1, 0.15) is 52.1 Å². The Hall–Kier alpha value is -2.70. The van der Waals surface area contributed by atoms with Crippen molar-refractivity contribution in [3.8, 4) is 0 Å². The Morgan fingerprint density at radius 3 is 2.44 bits per heavy atom. The smallest absolute Gasteiger partial charge is 0.422 e. The van der Waals surface area contributed by atoms with E-state index in [2.05, 4.69) is 31.7 Å². The third-order valence-corrected chi connectivity index (χ3v) is 5.80. The van der Waals surface area contributed by atoms with Crippen molar-refractivity contribution in [1.82, 2.24) is 20.3 Å². The van der Waals surface area contributed by atoms with Crippen LogP contribution in [0.3, 0.4) is 0 Å². The predicted molar refractivity (Wildman–Crippen MR) is 132 cm³/mol. The van der Waals surface area contributed by atoms with E-state index in [0.29, 0.717) is 26.2 Å². The van der Waals surface area contributed by atoms with Crippen LogP contribution in [0.25, 0.3) is 0 Å². The van der Waals surface area contributed by atoms with Gasteiger partial charge >= 0.3 is 12.3 Å². The lowest BCUT2D eigenvalue weighted by Crippen LogP contribution is -2.54. The average molecular weight is 575 g/mol. The van der Waals surface area contributed by atoms with Crippen molar-refractivity contribution in [2.45, 2.75) is 45.9 Å². The van der Waals surface area contributed by atoms with Crippen LogP contribution in [0.2, 0.25) is 0 Å². The third kappa shape index (κ3) is 7.90. The van der Waals surface area contributed by atoms with E-state index in [-0.39, 0.29) is 33.5 Å². The minimum Gasteiger partial charge on any atom is -0.443 e. The molecule has 0 radical (unpaired) electrons. The van der Waals surface area contributed by atoms with Crippen LogP contribution >= 0.6 is 15.9 Å². The minimum absolute atomic E-state index is 0.0228. The number of aromatic nitrogens is 1. The van der Waals surface area contributed by atoms with Gasteiger partial charge in [0.05, 0.1) is 16.8 Å². The summed E-state index contributed by atoms with van der Waals surface area (Å²) in [6.45, 7) is 4.40. The zero-order valence-electron chi connectivity index (χ0n) is 23.0. The van der Waals surface area contributed by atoms with Gasteiger partial charge in [0, 0.05) is 53.2 Å². The Balaban J connectivity index is 1.67. The molecule has 0 saturated carbocycles. The number of carbonyl (C=O) groups excluding carboxylic acids is 2. The molecule has 1 aliphatic heterocycles.